The van der Waals surface area contributed by atoms with Crippen molar-refractivity contribution in [3.8, 4) is 0 Å². The van der Waals surface area contributed by atoms with E-state index in [1.54, 1.807) is 4.90 Å². The first-order chi connectivity index (χ1) is 8.94. The van der Waals surface area contributed by atoms with Gasteiger partial charge in [0.1, 0.15) is 4.87 Å². The third kappa shape index (κ3) is 2.07. The Morgan fingerprint density at radius 1 is 1.32 bits per heavy atom. The van der Waals surface area contributed by atoms with Crippen LogP contribution >= 0.6 is 11.8 Å². The quantitative estimate of drug-likeness (QED) is 0.790. The van der Waals surface area contributed by atoms with Crippen molar-refractivity contribution in [2.45, 2.75) is 18.2 Å². The molecule has 1 spiro atoms. The van der Waals surface area contributed by atoms with Crippen LogP contribution in [-0.4, -0.2) is 36.5 Å². The summed E-state index contributed by atoms with van der Waals surface area (Å²) < 4.78 is 23.6. The minimum Gasteiger partial charge on any atom is -0.295 e. The van der Waals surface area contributed by atoms with E-state index < -0.39 is 14.7 Å². The predicted octanol–water partition coefficient (Wildman–Crippen LogP) is 1.59. The summed E-state index contributed by atoms with van der Waals surface area (Å²) in [5, 5.41) is 0. The van der Waals surface area contributed by atoms with Crippen molar-refractivity contribution in [2.75, 3.05) is 22.2 Å². The maximum absolute atomic E-state index is 12.2. The smallest absolute Gasteiger partial charge is 0.238 e. The molecule has 0 radical (unpaired) electrons. The summed E-state index contributed by atoms with van der Waals surface area (Å²) in [5.41, 5.74) is 1.84. The zero-order valence-corrected chi connectivity index (χ0v) is 12.3. The molecule has 1 atom stereocenters. The number of carbonyl (C=O) groups is 1. The van der Waals surface area contributed by atoms with E-state index in [0.717, 1.165) is 11.3 Å². The van der Waals surface area contributed by atoms with Gasteiger partial charge in [-0.3, -0.25) is 9.69 Å². The number of rotatable bonds is 1. The third-order valence-corrected chi connectivity index (χ3v) is 7.11. The molecule has 2 heterocycles. The van der Waals surface area contributed by atoms with Gasteiger partial charge in [0.25, 0.3) is 0 Å². The van der Waals surface area contributed by atoms with Crippen LogP contribution in [0.5, 0.6) is 0 Å². The fourth-order valence-corrected chi connectivity index (χ4v) is 6.67. The Balaban J connectivity index is 2.08. The summed E-state index contributed by atoms with van der Waals surface area (Å²) in [5.74, 6) is 0.626. The van der Waals surface area contributed by atoms with E-state index in [0.29, 0.717) is 12.2 Å². The zero-order valence-electron chi connectivity index (χ0n) is 10.6. The van der Waals surface area contributed by atoms with E-state index in [1.165, 1.54) is 11.8 Å². The van der Waals surface area contributed by atoms with Crippen molar-refractivity contribution in [3.05, 3.63) is 29.8 Å². The van der Waals surface area contributed by atoms with E-state index >= 15 is 0 Å². The lowest BCUT2D eigenvalue weighted by Crippen LogP contribution is -2.45. The van der Waals surface area contributed by atoms with E-state index in [2.05, 4.69) is 0 Å². The first kappa shape index (κ1) is 13.0. The Labute approximate surface area is 117 Å². The van der Waals surface area contributed by atoms with Crippen LogP contribution in [0.15, 0.2) is 24.3 Å². The number of thioether (sulfide) groups is 1. The summed E-state index contributed by atoms with van der Waals surface area (Å²) in [6, 6.07) is 7.65. The maximum Gasteiger partial charge on any atom is 0.238 e. The molecule has 0 aromatic heterocycles. The van der Waals surface area contributed by atoms with E-state index in [4.69, 9.17) is 0 Å². The molecule has 2 fully saturated rings. The number of nitrogens with zero attached hydrogens (tertiary/aromatic N) is 1. The lowest BCUT2D eigenvalue weighted by molar-refractivity contribution is -0.116. The highest BCUT2D eigenvalue weighted by molar-refractivity contribution is 8.03. The second kappa shape index (κ2) is 4.24. The van der Waals surface area contributed by atoms with Gasteiger partial charge >= 0.3 is 0 Å². The number of sulfone groups is 1. The van der Waals surface area contributed by atoms with Gasteiger partial charge in [0.05, 0.1) is 17.3 Å². The van der Waals surface area contributed by atoms with E-state index in [9.17, 15) is 13.2 Å². The molecule has 0 saturated carbocycles. The first-order valence-corrected chi connectivity index (χ1v) is 8.97. The second-order valence-corrected chi connectivity index (χ2v) is 8.61. The summed E-state index contributed by atoms with van der Waals surface area (Å²) in [6.07, 6.45) is 0.528. The largest absolute Gasteiger partial charge is 0.295 e. The van der Waals surface area contributed by atoms with Gasteiger partial charge < -0.3 is 0 Å². The summed E-state index contributed by atoms with van der Waals surface area (Å²) in [6.45, 7) is 1.95. The van der Waals surface area contributed by atoms with Crippen molar-refractivity contribution in [2.24, 2.45) is 0 Å². The van der Waals surface area contributed by atoms with E-state index in [-0.39, 0.29) is 17.4 Å². The summed E-state index contributed by atoms with van der Waals surface area (Å²) >= 11 is 1.47. The van der Waals surface area contributed by atoms with Gasteiger partial charge in [-0.05, 0) is 25.0 Å². The highest BCUT2D eigenvalue weighted by Crippen LogP contribution is 2.47. The van der Waals surface area contributed by atoms with Gasteiger partial charge in [-0.15, -0.1) is 11.8 Å². The van der Waals surface area contributed by atoms with Crippen LogP contribution in [0.2, 0.25) is 0 Å². The van der Waals surface area contributed by atoms with Crippen LogP contribution in [0.4, 0.5) is 5.69 Å². The molecule has 2 aliphatic heterocycles. The number of anilines is 1. The van der Waals surface area contributed by atoms with Gasteiger partial charge in [0, 0.05) is 5.69 Å². The summed E-state index contributed by atoms with van der Waals surface area (Å²) in [4.78, 5) is 13.3. The number of benzene rings is 1. The number of amides is 1. The molecule has 102 valence electrons. The molecule has 1 unspecified atom stereocenters. The van der Waals surface area contributed by atoms with Gasteiger partial charge in [-0.2, -0.15) is 0 Å². The molecule has 19 heavy (non-hydrogen) atoms. The normalized spacial score (nSPS) is 29.3. The maximum atomic E-state index is 12.2. The standard InChI is InChI=1S/C13H15NO3S2/c1-10-4-2-3-5-11(10)14-12(15)8-18-13(14)6-7-19(16,17)9-13/h2-5H,6-9H2,1H3. The zero-order chi connectivity index (χ0) is 13.7. The third-order valence-electron chi connectivity index (χ3n) is 3.73. The van der Waals surface area contributed by atoms with Gasteiger partial charge in [-0.1, -0.05) is 18.2 Å². The van der Waals surface area contributed by atoms with Crippen molar-refractivity contribution in [3.63, 3.8) is 0 Å². The minimum atomic E-state index is -3.03. The molecular weight excluding hydrogens is 282 g/mol. The molecule has 6 heteroatoms. The van der Waals surface area contributed by atoms with Crippen LogP contribution in [0, 0.1) is 6.92 Å². The highest BCUT2D eigenvalue weighted by Gasteiger charge is 2.53. The van der Waals surface area contributed by atoms with E-state index in [1.807, 2.05) is 31.2 Å². The Morgan fingerprint density at radius 2 is 2.05 bits per heavy atom. The number of aryl methyl sites for hydroxylation is 1. The Bertz CT molecular complexity index is 641. The Hall–Kier alpha value is -1.01. The molecule has 1 aromatic carbocycles. The SMILES string of the molecule is Cc1ccccc1N1C(=O)CSC12CCS(=O)(=O)C2. The van der Waals surface area contributed by atoms with Crippen molar-refractivity contribution in [1.82, 2.24) is 0 Å². The predicted molar refractivity (Wildman–Crippen MR) is 77.1 cm³/mol. The average Bonchev–Trinajstić information content (AvgIpc) is 2.82. The molecular formula is C13H15NO3S2. The lowest BCUT2D eigenvalue weighted by Gasteiger charge is -2.33. The summed E-state index contributed by atoms with van der Waals surface area (Å²) in [7, 11) is -3.03. The van der Waals surface area contributed by atoms with Crippen LogP contribution in [0.25, 0.3) is 0 Å². The van der Waals surface area contributed by atoms with Gasteiger partial charge in [0.2, 0.25) is 5.91 Å². The fourth-order valence-electron chi connectivity index (χ4n) is 2.81. The Morgan fingerprint density at radius 3 is 2.68 bits per heavy atom. The monoisotopic (exact) mass is 297 g/mol. The minimum absolute atomic E-state index is 0.0106. The fraction of sp³-hybridized carbons (Fsp3) is 0.462. The number of para-hydroxylation sites is 1. The van der Waals surface area contributed by atoms with Crippen LogP contribution in [0.3, 0.4) is 0 Å². The number of hydrogen-bond acceptors (Lipinski definition) is 4. The lowest BCUT2D eigenvalue weighted by atomic mass is 10.1. The first-order valence-electron chi connectivity index (χ1n) is 6.17. The molecule has 1 aromatic rings. The average molecular weight is 297 g/mol. The van der Waals surface area contributed by atoms with Crippen LogP contribution < -0.4 is 4.90 Å². The van der Waals surface area contributed by atoms with Gasteiger partial charge in [-0.25, -0.2) is 8.42 Å². The van der Waals surface area contributed by atoms with Crippen LogP contribution in [-0.2, 0) is 14.6 Å². The molecule has 2 aliphatic rings. The molecule has 2 saturated heterocycles. The molecule has 3 rings (SSSR count). The molecule has 4 nitrogen and oxygen atoms in total. The van der Waals surface area contributed by atoms with Crippen molar-refractivity contribution in [1.29, 1.82) is 0 Å². The molecule has 1 amide bonds. The molecule has 0 N–H and O–H groups in total. The number of hydrogen-bond donors (Lipinski definition) is 0. The Kier molecular flexibility index (Phi) is 2.90. The molecule has 0 bridgehead atoms. The molecule has 0 aliphatic carbocycles. The van der Waals surface area contributed by atoms with Crippen molar-refractivity contribution >= 4 is 33.2 Å². The topological polar surface area (TPSA) is 54.5 Å². The second-order valence-electron chi connectivity index (χ2n) is 5.09. The highest BCUT2D eigenvalue weighted by atomic mass is 32.2. The van der Waals surface area contributed by atoms with Crippen molar-refractivity contribution < 1.29 is 13.2 Å². The van der Waals surface area contributed by atoms with Gasteiger partial charge in [0.15, 0.2) is 9.84 Å². The number of carbonyl (C=O) groups excluding carboxylic acids is 1. The van der Waals surface area contributed by atoms with Crippen LogP contribution in [0.1, 0.15) is 12.0 Å².